The largest absolute Gasteiger partial charge is 0.494 e. The third kappa shape index (κ3) is 5.20. The lowest BCUT2D eigenvalue weighted by Crippen LogP contribution is -2.41. The number of sulfone groups is 1. The Morgan fingerprint density at radius 3 is 2.51 bits per heavy atom. The molecule has 2 aliphatic carbocycles. The predicted molar refractivity (Wildman–Crippen MR) is 183 cm³/mol. The van der Waals surface area contributed by atoms with Gasteiger partial charge in [-0.2, -0.15) is 0 Å². The number of benzene rings is 2. The molecule has 8 rings (SSSR count). The summed E-state index contributed by atoms with van der Waals surface area (Å²) in [5.74, 6) is 2.36. The summed E-state index contributed by atoms with van der Waals surface area (Å²) in [4.78, 5) is 26.0. The molecule has 10 nitrogen and oxygen atoms in total. The van der Waals surface area contributed by atoms with Crippen molar-refractivity contribution in [2.24, 2.45) is 24.6 Å². The Bertz CT molecular complexity index is 2200. The minimum Gasteiger partial charge on any atom is -0.494 e. The highest BCUT2D eigenvalue weighted by Crippen LogP contribution is 2.40. The van der Waals surface area contributed by atoms with Crippen molar-refractivity contribution in [3.05, 3.63) is 65.2 Å². The molecule has 3 fully saturated rings. The quantitative estimate of drug-likeness (QED) is 0.248. The Hall–Kier alpha value is -4.22. The second-order valence-electron chi connectivity index (χ2n) is 13.9. The lowest BCUT2D eigenvalue weighted by Gasteiger charge is -2.27. The summed E-state index contributed by atoms with van der Waals surface area (Å²) >= 11 is 0. The molecule has 1 aliphatic heterocycles. The van der Waals surface area contributed by atoms with Crippen LogP contribution in [0.4, 0.5) is 0 Å². The van der Waals surface area contributed by atoms with E-state index < -0.39 is 9.84 Å². The maximum absolute atomic E-state index is 13.7. The zero-order valence-electron chi connectivity index (χ0n) is 27.2. The lowest BCUT2D eigenvalue weighted by molar-refractivity contribution is 0.0700. The number of ether oxygens (including phenoxy) is 1. The number of amides is 1. The topological polar surface area (TPSA) is 125 Å². The Morgan fingerprint density at radius 1 is 1.04 bits per heavy atom. The molecule has 5 aromatic rings. The van der Waals surface area contributed by atoms with Crippen molar-refractivity contribution in [3.8, 4) is 28.5 Å². The molecule has 244 valence electrons. The molecule has 0 spiro atoms. The van der Waals surface area contributed by atoms with Gasteiger partial charge in [0.05, 0.1) is 29.8 Å². The van der Waals surface area contributed by atoms with Crippen LogP contribution in [0, 0.1) is 18.8 Å². The summed E-state index contributed by atoms with van der Waals surface area (Å²) in [7, 11) is 0.500. The van der Waals surface area contributed by atoms with Crippen molar-refractivity contribution in [2.75, 3.05) is 19.9 Å². The summed E-state index contributed by atoms with van der Waals surface area (Å²) < 4.78 is 33.9. The number of methoxy groups -OCH3 is 1. The van der Waals surface area contributed by atoms with Gasteiger partial charge in [0, 0.05) is 55.0 Å². The van der Waals surface area contributed by atoms with Crippen LogP contribution in [0.3, 0.4) is 0 Å². The first-order valence-electron chi connectivity index (χ1n) is 16.4. The van der Waals surface area contributed by atoms with Gasteiger partial charge in [-0.05, 0) is 85.9 Å². The van der Waals surface area contributed by atoms with E-state index in [0.29, 0.717) is 35.2 Å². The Labute approximate surface area is 274 Å². The molecule has 3 atom stereocenters. The van der Waals surface area contributed by atoms with Crippen LogP contribution in [0.5, 0.6) is 5.75 Å². The fourth-order valence-electron chi connectivity index (χ4n) is 7.88. The van der Waals surface area contributed by atoms with Crippen LogP contribution in [0.1, 0.15) is 47.2 Å². The zero-order chi connectivity index (χ0) is 32.8. The van der Waals surface area contributed by atoms with Crippen LogP contribution < -0.4 is 10.5 Å². The summed E-state index contributed by atoms with van der Waals surface area (Å²) in [5.41, 5.74) is 14.0. The van der Waals surface area contributed by atoms with Gasteiger partial charge in [0.25, 0.3) is 5.91 Å². The Balaban J connectivity index is 1.21. The van der Waals surface area contributed by atoms with Crippen LogP contribution in [0.2, 0.25) is 0 Å². The number of likely N-dealkylation sites (tertiary alicyclic amines) is 1. The van der Waals surface area contributed by atoms with E-state index in [4.69, 9.17) is 20.4 Å². The van der Waals surface area contributed by atoms with Crippen molar-refractivity contribution < 1.29 is 17.9 Å². The molecule has 11 heteroatoms. The molecule has 3 unspecified atom stereocenters. The van der Waals surface area contributed by atoms with Gasteiger partial charge < -0.3 is 24.5 Å². The lowest BCUT2D eigenvalue weighted by atomic mass is 10.0. The Morgan fingerprint density at radius 2 is 1.85 bits per heavy atom. The average molecular weight is 653 g/mol. The first-order chi connectivity index (χ1) is 22.5. The average Bonchev–Trinajstić information content (AvgIpc) is 3.44. The van der Waals surface area contributed by atoms with Crippen molar-refractivity contribution in [1.82, 2.24) is 24.0 Å². The van der Waals surface area contributed by atoms with E-state index >= 15 is 0 Å². The highest BCUT2D eigenvalue weighted by Gasteiger charge is 2.47. The molecular formula is C36H40N6O4S. The fraction of sp³-hybridized carbons (Fsp3) is 0.417. The third-order valence-electron chi connectivity index (χ3n) is 10.4. The molecule has 2 bridgehead atoms. The molecular weight excluding hydrogens is 613 g/mol. The summed E-state index contributed by atoms with van der Waals surface area (Å²) in [6, 6.07) is 15.9. The number of carbonyl (C=O) groups is 1. The number of piperidine rings is 1. The molecule has 3 aliphatic rings. The van der Waals surface area contributed by atoms with Gasteiger partial charge in [0.2, 0.25) is 0 Å². The van der Waals surface area contributed by atoms with E-state index in [1.165, 1.54) is 19.1 Å². The smallest absolute Gasteiger partial charge is 0.254 e. The molecule has 2 saturated carbocycles. The summed E-state index contributed by atoms with van der Waals surface area (Å²) in [5, 5.41) is 1.02. The first kappa shape index (κ1) is 30.1. The normalized spacial score (nSPS) is 21.0. The molecule has 4 heterocycles. The van der Waals surface area contributed by atoms with Crippen LogP contribution in [-0.2, 0) is 29.2 Å². The fourth-order valence-corrected chi connectivity index (χ4v) is 8.66. The number of aromatic nitrogens is 4. The molecule has 2 aromatic carbocycles. The molecule has 1 saturated heterocycles. The minimum atomic E-state index is -3.13. The number of hydrogen-bond donors (Lipinski definition) is 1. The van der Waals surface area contributed by atoms with Crippen molar-refractivity contribution in [1.29, 1.82) is 0 Å². The van der Waals surface area contributed by atoms with Crippen molar-refractivity contribution in [3.63, 3.8) is 0 Å². The van der Waals surface area contributed by atoms with E-state index in [9.17, 15) is 13.2 Å². The SMILES string of the molecule is COc1cc(C(=O)N2CC3CCC2C3N)cc2nc(-c3cc4ccc(-c5ccc(CS(C)(=O)=O)cc5C)nc4n3CC3CC3)n(C)c12. The summed E-state index contributed by atoms with van der Waals surface area (Å²) in [6.07, 6.45) is 5.67. The van der Waals surface area contributed by atoms with Gasteiger partial charge in [-0.1, -0.05) is 18.2 Å². The van der Waals surface area contributed by atoms with Crippen molar-refractivity contribution >= 4 is 37.8 Å². The minimum absolute atomic E-state index is 0.0139. The molecule has 2 N–H and O–H groups in total. The molecule has 3 aromatic heterocycles. The maximum atomic E-state index is 13.7. The van der Waals surface area contributed by atoms with Gasteiger partial charge in [-0.3, -0.25) is 4.79 Å². The number of aryl methyl sites for hydroxylation is 2. The van der Waals surface area contributed by atoms with E-state index in [1.807, 2.05) is 55.3 Å². The number of rotatable bonds is 8. The maximum Gasteiger partial charge on any atom is 0.254 e. The zero-order valence-corrected chi connectivity index (χ0v) is 28.0. The molecule has 1 amide bonds. The Kier molecular flexibility index (Phi) is 7.00. The second kappa shape index (κ2) is 10.9. The van der Waals surface area contributed by atoms with E-state index in [1.54, 1.807) is 7.11 Å². The summed E-state index contributed by atoms with van der Waals surface area (Å²) in [6.45, 7) is 3.54. The second-order valence-corrected chi connectivity index (χ2v) is 16.0. The molecule has 47 heavy (non-hydrogen) atoms. The van der Waals surface area contributed by atoms with E-state index in [0.717, 1.165) is 69.8 Å². The third-order valence-corrected chi connectivity index (χ3v) is 11.3. The number of hydrogen-bond acceptors (Lipinski definition) is 7. The first-order valence-corrected chi connectivity index (χ1v) is 18.4. The number of nitrogens with zero attached hydrogens (tertiary/aromatic N) is 5. The number of fused-ring (bicyclic) bond motifs is 4. The van der Waals surface area contributed by atoms with E-state index in [-0.39, 0.29) is 23.7 Å². The standard InChI is InChI=1S/C36H40N6O4S/c1-20-13-22(19-47(4,44)45)7-10-26(20)27-11-8-23-15-30(41(34(23)38-27)17-21-5-6-21)35-39-28-14-25(16-31(46-3)33(28)40(35)2)36(43)42-18-24-9-12-29(42)32(24)37/h7-8,10-11,13-16,21,24,29,32H,5-6,9,12,17-19,37H2,1-4H3. The van der Waals surface area contributed by atoms with Crippen LogP contribution in [0.15, 0.2) is 48.5 Å². The van der Waals surface area contributed by atoms with Crippen LogP contribution in [0.25, 0.3) is 44.8 Å². The van der Waals surface area contributed by atoms with Crippen LogP contribution in [-0.4, -0.2) is 70.3 Å². The number of nitrogens with two attached hydrogens (primary N) is 1. The van der Waals surface area contributed by atoms with Crippen LogP contribution >= 0.6 is 0 Å². The predicted octanol–water partition coefficient (Wildman–Crippen LogP) is 5.09. The highest BCUT2D eigenvalue weighted by atomic mass is 32.2. The number of pyridine rings is 1. The number of imidazole rings is 1. The highest BCUT2D eigenvalue weighted by molar-refractivity contribution is 7.89. The molecule has 0 radical (unpaired) electrons. The van der Waals surface area contributed by atoms with Gasteiger partial charge in [0.15, 0.2) is 15.7 Å². The number of carbonyl (C=O) groups excluding carboxylic acids is 1. The monoisotopic (exact) mass is 652 g/mol. The van der Waals surface area contributed by atoms with Gasteiger partial charge in [-0.25, -0.2) is 18.4 Å². The van der Waals surface area contributed by atoms with Crippen molar-refractivity contribution in [2.45, 2.75) is 57.0 Å². The van der Waals surface area contributed by atoms with Gasteiger partial charge in [0.1, 0.15) is 16.9 Å². The van der Waals surface area contributed by atoms with Gasteiger partial charge in [-0.15, -0.1) is 0 Å². The van der Waals surface area contributed by atoms with Gasteiger partial charge >= 0.3 is 0 Å². The van der Waals surface area contributed by atoms with E-state index in [2.05, 4.69) is 21.3 Å².